The maximum atomic E-state index is 12.7. The van der Waals surface area contributed by atoms with E-state index in [-0.39, 0.29) is 11.9 Å². The lowest BCUT2D eigenvalue weighted by molar-refractivity contribution is 0.0943. The number of hydrogen-bond donors (Lipinski definition) is 3. The molecule has 0 saturated carbocycles. The fraction of sp³-hybridized carbons (Fsp3) is 0.467. The summed E-state index contributed by atoms with van der Waals surface area (Å²) in [5, 5.41) is 18.9. The van der Waals surface area contributed by atoms with E-state index in [1.165, 1.54) is 19.2 Å². The van der Waals surface area contributed by atoms with E-state index in [0.29, 0.717) is 5.69 Å². The quantitative estimate of drug-likeness (QED) is 0.737. The molecule has 0 aliphatic carbocycles. The third-order valence-corrected chi connectivity index (χ3v) is 3.22. The minimum Gasteiger partial charge on any atom is -0.393 e. The van der Waals surface area contributed by atoms with Crippen molar-refractivity contribution in [1.82, 2.24) is 20.3 Å². The van der Waals surface area contributed by atoms with Crippen LogP contribution >= 0.6 is 0 Å². The summed E-state index contributed by atoms with van der Waals surface area (Å²) in [6.45, 7) is 2.11. The third-order valence-electron chi connectivity index (χ3n) is 3.22. The predicted molar refractivity (Wildman–Crippen MR) is 84.6 cm³/mol. The number of aliphatic hydroxyl groups is 1. The van der Waals surface area contributed by atoms with Crippen molar-refractivity contribution in [3.8, 4) is 11.3 Å². The minimum atomic E-state index is -0.268. The van der Waals surface area contributed by atoms with E-state index in [1.54, 1.807) is 18.3 Å². The van der Waals surface area contributed by atoms with Gasteiger partial charge in [0.2, 0.25) is 0 Å². The summed E-state index contributed by atoms with van der Waals surface area (Å²) in [5.74, 6) is -0.268. The normalized spacial score (nSPS) is 15.3. The highest BCUT2D eigenvalue weighted by Crippen LogP contribution is 2.15. The van der Waals surface area contributed by atoms with Crippen LogP contribution in [0.4, 0.5) is 4.39 Å². The first-order valence-electron chi connectivity index (χ1n) is 7.21. The van der Waals surface area contributed by atoms with Gasteiger partial charge in [-0.1, -0.05) is 12.1 Å². The lowest BCUT2D eigenvalue weighted by Gasteiger charge is -2.25. The van der Waals surface area contributed by atoms with Crippen LogP contribution in [0.2, 0.25) is 0 Å². The molecule has 3 rings (SSSR count). The number of nitrogens with two attached hydrogens (primary N) is 1. The van der Waals surface area contributed by atoms with Gasteiger partial charge < -0.3 is 15.7 Å². The van der Waals surface area contributed by atoms with Crippen molar-refractivity contribution in [2.45, 2.75) is 18.9 Å². The average Bonchev–Trinajstić information content (AvgIpc) is 3.07. The van der Waals surface area contributed by atoms with Crippen molar-refractivity contribution in [3.05, 3.63) is 36.3 Å². The topological polar surface area (TPSA) is 91.1 Å². The molecule has 1 aromatic carbocycles. The van der Waals surface area contributed by atoms with Crippen LogP contribution in [0.1, 0.15) is 12.8 Å². The fourth-order valence-corrected chi connectivity index (χ4v) is 1.98. The molecule has 0 radical (unpaired) electrons. The summed E-state index contributed by atoms with van der Waals surface area (Å²) < 4.78 is 12.7. The molecule has 0 unspecified atom stereocenters. The molecule has 1 aliphatic rings. The summed E-state index contributed by atoms with van der Waals surface area (Å²) >= 11 is 0. The average molecular weight is 309 g/mol. The van der Waals surface area contributed by atoms with Crippen molar-refractivity contribution in [2.24, 2.45) is 5.73 Å². The second kappa shape index (κ2) is 9.99. The van der Waals surface area contributed by atoms with Crippen LogP contribution in [0, 0.1) is 5.82 Å². The second-order valence-electron chi connectivity index (χ2n) is 4.90. The van der Waals surface area contributed by atoms with Crippen molar-refractivity contribution >= 4 is 0 Å². The summed E-state index contributed by atoms with van der Waals surface area (Å²) in [6, 6.07) is 6.22. The number of piperidine rings is 1. The predicted octanol–water partition coefficient (Wildman–Crippen LogP) is 1.26. The van der Waals surface area contributed by atoms with Gasteiger partial charge >= 0.3 is 0 Å². The van der Waals surface area contributed by atoms with Crippen LogP contribution in [-0.4, -0.2) is 58.7 Å². The Hall–Kier alpha value is -1.83. The zero-order valence-electron chi connectivity index (χ0n) is 13.0. The number of hydrogen-bond acceptors (Lipinski definition) is 5. The van der Waals surface area contributed by atoms with Gasteiger partial charge in [0, 0.05) is 18.7 Å². The van der Waals surface area contributed by atoms with Crippen molar-refractivity contribution in [3.63, 3.8) is 0 Å². The Morgan fingerprint density at radius 2 is 2.00 bits per heavy atom. The van der Waals surface area contributed by atoms with Crippen molar-refractivity contribution < 1.29 is 9.50 Å². The number of H-pyrrole nitrogens is 1. The molecule has 0 amide bonds. The van der Waals surface area contributed by atoms with Crippen LogP contribution in [0.5, 0.6) is 0 Å². The Kier molecular flexibility index (Phi) is 8.27. The number of aliphatic hydroxyl groups excluding tert-OH is 1. The molecule has 7 heteroatoms. The van der Waals surface area contributed by atoms with Crippen LogP contribution < -0.4 is 5.73 Å². The second-order valence-corrected chi connectivity index (χ2v) is 4.90. The highest BCUT2D eigenvalue weighted by atomic mass is 19.1. The van der Waals surface area contributed by atoms with Crippen molar-refractivity contribution in [2.75, 3.05) is 27.2 Å². The van der Waals surface area contributed by atoms with Crippen LogP contribution in [0.3, 0.4) is 0 Å². The molecule has 2 heterocycles. The van der Waals surface area contributed by atoms with Crippen molar-refractivity contribution in [1.29, 1.82) is 0 Å². The lowest BCUT2D eigenvalue weighted by atomic mass is 10.1. The van der Waals surface area contributed by atoms with E-state index in [4.69, 9.17) is 5.11 Å². The summed E-state index contributed by atoms with van der Waals surface area (Å²) in [7, 11) is 3.59. The lowest BCUT2D eigenvalue weighted by Crippen LogP contribution is -2.32. The van der Waals surface area contributed by atoms with Gasteiger partial charge in [0.1, 0.15) is 11.5 Å². The highest BCUT2D eigenvalue weighted by molar-refractivity contribution is 5.57. The fourth-order valence-electron chi connectivity index (χ4n) is 1.98. The standard InChI is InChI=1S/C8H6FN3.C6H13NO.CH5N/c9-7-3-1-2-6(4-7)8-5-10-12-11-8;1-7-4-2-6(8)3-5-7;1-2/h1-5H,(H,10,11,12);6,8H,2-5H2,1H3;2H2,1H3. The van der Waals surface area contributed by atoms with E-state index in [1.807, 2.05) is 0 Å². The van der Waals surface area contributed by atoms with E-state index in [2.05, 4.69) is 33.1 Å². The minimum absolute atomic E-state index is 0.0220. The number of halogens is 1. The Morgan fingerprint density at radius 1 is 1.32 bits per heavy atom. The first-order chi connectivity index (χ1) is 10.6. The summed E-state index contributed by atoms with van der Waals surface area (Å²) in [5.41, 5.74) is 5.87. The molecule has 122 valence electrons. The van der Waals surface area contributed by atoms with Crippen LogP contribution in [0.15, 0.2) is 30.5 Å². The van der Waals surface area contributed by atoms with E-state index in [9.17, 15) is 4.39 Å². The highest BCUT2D eigenvalue weighted by Gasteiger charge is 2.12. The SMILES string of the molecule is CN.CN1CCC(O)CC1.Fc1cccc(-c2cn[nH]n2)c1. The monoisotopic (exact) mass is 309 g/mol. The zero-order valence-corrected chi connectivity index (χ0v) is 13.0. The van der Waals surface area contributed by atoms with Gasteiger partial charge in [-0.25, -0.2) is 4.39 Å². The first-order valence-corrected chi connectivity index (χ1v) is 7.21. The number of likely N-dealkylation sites (tertiary alicyclic amines) is 1. The zero-order chi connectivity index (χ0) is 16.4. The van der Waals surface area contributed by atoms with Gasteiger partial charge in [-0.05, 0) is 39.1 Å². The van der Waals surface area contributed by atoms with Gasteiger partial charge in [-0.3, -0.25) is 0 Å². The molecule has 1 fully saturated rings. The van der Waals surface area contributed by atoms with Gasteiger partial charge in [-0.2, -0.15) is 15.4 Å². The first kappa shape index (κ1) is 18.2. The molecule has 22 heavy (non-hydrogen) atoms. The van der Waals surface area contributed by atoms with Gasteiger partial charge in [0.05, 0.1) is 12.3 Å². The number of nitrogens with zero attached hydrogens (tertiary/aromatic N) is 3. The Morgan fingerprint density at radius 3 is 2.50 bits per heavy atom. The molecular weight excluding hydrogens is 285 g/mol. The number of nitrogens with one attached hydrogen (secondary N) is 1. The largest absolute Gasteiger partial charge is 0.393 e. The molecule has 6 nitrogen and oxygen atoms in total. The van der Waals surface area contributed by atoms with Crippen LogP contribution in [0.25, 0.3) is 11.3 Å². The Bertz CT molecular complexity index is 502. The van der Waals surface area contributed by atoms with E-state index >= 15 is 0 Å². The molecule has 1 saturated heterocycles. The number of benzene rings is 1. The molecule has 1 aromatic heterocycles. The van der Waals surface area contributed by atoms with E-state index in [0.717, 1.165) is 31.5 Å². The summed E-state index contributed by atoms with van der Waals surface area (Å²) in [6.07, 6.45) is 3.44. The molecular formula is C15H24FN5O. The maximum absolute atomic E-state index is 12.7. The molecule has 4 N–H and O–H groups in total. The smallest absolute Gasteiger partial charge is 0.123 e. The molecule has 0 spiro atoms. The molecule has 2 aromatic rings. The van der Waals surface area contributed by atoms with Gasteiger partial charge in [-0.15, -0.1) is 0 Å². The number of aromatic amines is 1. The Balaban J connectivity index is 0.000000211. The molecule has 1 aliphatic heterocycles. The van der Waals surface area contributed by atoms with E-state index < -0.39 is 0 Å². The molecule has 0 atom stereocenters. The number of aromatic nitrogens is 3. The number of rotatable bonds is 1. The van der Waals surface area contributed by atoms with Crippen LogP contribution in [-0.2, 0) is 0 Å². The summed E-state index contributed by atoms with van der Waals surface area (Å²) in [4.78, 5) is 2.24. The molecule has 0 bridgehead atoms. The third kappa shape index (κ3) is 6.30. The Labute approximate surface area is 130 Å². The maximum Gasteiger partial charge on any atom is 0.123 e. The van der Waals surface area contributed by atoms with Gasteiger partial charge in [0.15, 0.2) is 0 Å². The van der Waals surface area contributed by atoms with Gasteiger partial charge in [0.25, 0.3) is 0 Å².